The largest absolute Gasteiger partial charge is 0.348 e. The quantitative estimate of drug-likeness (QED) is 0.823. The van der Waals surface area contributed by atoms with Crippen molar-refractivity contribution in [3.8, 4) is 0 Å². The van der Waals surface area contributed by atoms with Crippen molar-refractivity contribution in [2.24, 2.45) is 5.92 Å². The van der Waals surface area contributed by atoms with Gasteiger partial charge in [-0.05, 0) is 49.1 Å². The van der Waals surface area contributed by atoms with E-state index in [-0.39, 0.29) is 23.6 Å². The highest BCUT2D eigenvalue weighted by Gasteiger charge is 2.33. The van der Waals surface area contributed by atoms with Crippen LogP contribution in [-0.4, -0.2) is 31.3 Å². The topological polar surface area (TPSA) is 69.7 Å². The van der Waals surface area contributed by atoms with Crippen LogP contribution in [0, 0.1) is 5.92 Å². The van der Waals surface area contributed by atoms with E-state index in [0.29, 0.717) is 24.2 Å². The van der Waals surface area contributed by atoms with E-state index in [1.165, 1.54) is 0 Å². The van der Waals surface area contributed by atoms with E-state index in [1.807, 2.05) is 30.3 Å². The molecule has 2 aliphatic rings. The summed E-state index contributed by atoms with van der Waals surface area (Å²) >= 11 is 0. The first-order chi connectivity index (χ1) is 14.0. The molecule has 1 saturated heterocycles. The fraction of sp³-hybridized carbons (Fsp3) is 0.348. The van der Waals surface area contributed by atoms with E-state index in [4.69, 9.17) is 0 Å². The molecule has 0 atom stereocenters. The molecule has 1 heterocycles. The van der Waals surface area contributed by atoms with E-state index in [1.54, 1.807) is 35.0 Å². The lowest BCUT2D eigenvalue weighted by Crippen LogP contribution is -2.31. The molecular formula is C23H25N3O3. The van der Waals surface area contributed by atoms with E-state index in [2.05, 4.69) is 5.32 Å². The summed E-state index contributed by atoms with van der Waals surface area (Å²) in [6.45, 7) is 1.14. The van der Waals surface area contributed by atoms with Crippen LogP contribution in [0.4, 0.5) is 11.4 Å². The molecule has 1 aliphatic carbocycles. The molecule has 0 unspecified atom stereocenters. The molecule has 0 bridgehead atoms. The van der Waals surface area contributed by atoms with Crippen molar-refractivity contribution in [2.45, 2.75) is 32.2 Å². The zero-order valence-electron chi connectivity index (χ0n) is 16.6. The third-order valence-corrected chi connectivity index (χ3v) is 5.54. The van der Waals surface area contributed by atoms with Crippen molar-refractivity contribution in [3.05, 3.63) is 59.7 Å². The second-order valence-corrected chi connectivity index (χ2v) is 7.69. The van der Waals surface area contributed by atoms with Crippen LogP contribution < -0.4 is 15.1 Å². The van der Waals surface area contributed by atoms with Gasteiger partial charge >= 0.3 is 0 Å². The summed E-state index contributed by atoms with van der Waals surface area (Å²) in [5, 5.41) is 2.93. The maximum absolute atomic E-state index is 12.8. The lowest BCUT2D eigenvalue weighted by molar-refractivity contribution is -0.119. The number of amides is 3. The number of rotatable bonds is 6. The van der Waals surface area contributed by atoms with Crippen LogP contribution in [0.15, 0.2) is 48.5 Å². The smallest absolute Gasteiger partial charge is 0.253 e. The van der Waals surface area contributed by atoms with Gasteiger partial charge in [0.2, 0.25) is 11.8 Å². The maximum atomic E-state index is 12.8. The molecule has 2 aromatic rings. The van der Waals surface area contributed by atoms with E-state index in [0.717, 1.165) is 37.1 Å². The van der Waals surface area contributed by atoms with Gasteiger partial charge < -0.3 is 15.1 Å². The molecule has 0 spiro atoms. The van der Waals surface area contributed by atoms with Gasteiger partial charge in [-0.3, -0.25) is 14.4 Å². The van der Waals surface area contributed by atoms with Crippen LogP contribution in [0.25, 0.3) is 0 Å². The molecule has 1 saturated carbocycles. The van der Waals surface area contributed by atoms with Gasteiger partial charge in [-0.2, -0.15) is 0 Å². The summed E-state index contributed by atoms with van der Waals surface area (Å²) in [6.07, 6.45) is 3.36. The predicted molar refractivity (Wildman–Crippen MR) is 112 cm³/mol. The lowest BCUT2D eigenvalue weighted by atomic mass is 10.1. The summed E-state index contributed by atoms with van der Waals surface area (Å²) in [7, 11) is 1.73. The zero-order valence-corrected chi connectivity index (χ0v) is 16.6. The molecule has 2 fully saturated rings. The molecule has 150 valence electrons. The second-order valence-electron chi connectivity index (χ2n) is 7.69. The number of carbonyl (C=O) groups excluding carboxylic acids is 3. The summed E-state index contributed by atoms with van der Waals surface area (Å²) in [5.74, 6) is 0.108. The standard InChI is InChI=1S/C23H25N3O3/c1-25(23(29)17-10-11-17)20-6-3-2-5-19(20)22(28)24-15-16-8-12-18(13-9-16)26-14-4-7-21(26)27/h2-3,5-6,8-9,12-13,17H,4,7,10-11,14-15H2,1H3,(H,24,28). The minimum atomic E-state index is -0.213. The summed E-state index contributed by atoms with van der Waals surface area (Å²) in [5.41, 5.74) is 2.97. The number of anilines is 2. The van der Waals surface area contributed by atoms with Gasteiger partial charge in [0.15, 0.2) is 0 Å². The molecule has 1 N–H and O–H groups in total. The van der Waals surface area contributed by atoms with Crippen molar-refractivity contribution in [3.63, 3.8) is 0 Å². The van der Waals surface area contributed by atoms with E-state index >= 15 is 0 Å². The first-order valence-electron chi connectivity index (χ1n) is 10.1. The monoisotopic (exact) mass is 391 g/mol. The van der Waals surface area contributed by atoms with E-state index < -0.39 is 0 Å². The van der Waals surface area contributed by atoms with Gasteiger partial charge in [-0.25, -0.2) is 0 Å². The highest BCUT2D eigenvalue weighted by atomic mass is 16.2. The molecule has 4 rings (SSSR count). The normalized spacial score (nSPS) is 16.0. The Morgan fingerprint density at radius 2 is 1.83 bits per heavy atom. The molecule has 0 radical (unpaired) electrons. The van der Waals surface area contributed by atoms with Crippen LogP contribution in [0.1, 0.15) is 41.6 Å². The third kappa shape index (κ3) is 4.16. The minimum absolute atomic E-state index is 0.0669. The highest BCUT2D eigenvalue weighted by Crippen LogP contribution is 2.33. The number of carbonyl (C=O) groups is 3. The van der Waals surface area contributed by atoms with E-state index in [9.17, 15) is 14.4 Å². The number of para-hydroxylation sites is 1. The number of hydrogen-bond donors (Lipinski definition) is 1. The van der Waals surface area contributed by atoms with Gasteiger partial charge in [0.25, 0.3) is 5.91 Å². The number of nitrogens with zero attached hydrogens (tertiary/aromatic N) is 2. The van der Waals surface area contributed by atoms with Crippen LogP contribution >= 0.6 is 0 Å². The van der Waals surface area contributed by atoms with Crippen LogP contribution in [0.3, 0.4) is 0 Å². The van der Waals surface area contributed by atoms with Gasteiger partial charge in [0.05, 0.1) is 11.3 Å². The fourth-order valence-corrected chi connectivity index (χ4v) is 3.67. The Hall–Kier alpha value is -3.15. The summed E-state index contributed by atoms with van der Waals surface area (Å²) < 4.78 is 0. The Morgan fingerprint density at radius 3 is 2.48 bits per heavy atom. The molecule has 2 aromatic carbocycles. The number of hydrogen-bond acceptors (Lipinski definition) is 3. The van der Waals surface area contributed by atoms with Crippen LogP contribution in [-0.2, 0) is 16.1 Å². The zero-order chi connectivity index (χ0) is 20.4. The average Bonchev–Trinajstić information content (AvgIpc) is 3.52. The molecule has 0 aromatic heterocycles. The van der Waals surface area contributed by atoms with Crippen LogP contribution in [0.5, 0.6) is 0 Å². The Kier molecular flexibility index (Phi) is 5.34. The van der Waals surface area contributed by atoms with Gasteiger partial charge in [-0.15, -0.1) is 0 Å². The van der Waals surface area contributed by atoms with Gasteiger partial charge in [0, 0.05) is 38.2 Å². The second kappa shape index (κ2) is 8.07. The molecule has 6 heteroatoms. The van der Waals surface area contributed by atoms with Crippen molar-refractivity contribution in [1.29, 1.82) is 0 Å². The van der Waals surface area contributed by atoms with Crippen molar-refractivity contribution >= 4 is 29.1 Å². The maximum Gasteiger partial charge on any atom is 0.253 e. The fourth-order valence-electron chi connectivity index (χ4n) is 3.67. The molecular weight excluding hydrogens is 366 g/mol. The molecule has 1 aliphatic heterocycles. The molecule has 3 amide bonds. The Balaban J connectivity index is 1.41. The van der Waals surface area contributed by atoms with Gasteiger partial charge in [0.1, 0.15) is 0 Å². The molecule has 29 heavy (non-hydrogen) atoms. The predicted octanol–water partition coefficient (Wildman–Crippen LogP) is 3.12. The summed E-state index contributed by atoms with van der Waals surface area (Å²) in [6, 6.07) is 14.9. The highest BCUT2D eigenvalue weighted by molar-refractivity contribution is 6.05. The number of nitrogens with one attached hydrogen (secondary N) is 1. The SMILES string of the molecule is CN(C(=O)C1CC1)c1ccccc1C(=O)NCc1ccc(N2CCCC2=O)cc1. The average molecular weight is 391 g/mol. The Labute approximate surface area is 170 Å². The van der Waals surface area contributed by atoms with Crippen LogP contribution in [0.2, 0.25) is 0 Å². The lowest BCUT2D eigenvalue weighted by Gasteiger charge is -2.20. The van der Waals surface area contributed by atoms with Crippen molar-refractivity contribution < 1.29 is 14.4 Å². The summed E-state index contributed by atoms with van der Waals surface area (Å²) in [4.78, 5) is 40.4. The van der Waals surface area contributed by atoms with Crippen molar-refractivity contribution in [1.82, 2.24) is 5.32 Å². The first-order valence-corrected chi connectivity index (χ1v) is 10.1. The van der Waals surface area contributed by atoms with Crippen molar-refractivity contribution in [2.75, 3.05) is 23.4 Å². The van der Waals surface area contributed by atoms with Gasteiger partial charge in [-0.1, -0.05) is 24.3 Å². The minimum Gasteiger partial charge on any atom is -0.348 e. The first kappa shape index (κ1) is 19.2. The Bertz CT molecular complexity index is 935. The Morgan fingerprint density at radius 1 is 1.10 bits per heavy atom. The molecule has 6 nitrogen and oxygen atoms in total. The third-order valence-electron chi connectivity index (χ3n) is 5.54. The number of benzene rings is 2.